The lowest BCUT2D eigenvalue weighted by molar-refractivity contribution is 0.577. The van der Waals surface area contributed by atoms with Gasteiger partial charge in [-0.25, -0.2) is 0 Å². The molecule has 4 nitrogen and oxygen atoms in total. The van der Waals surface area contributed by atoms with Crippen molar-refractivity contribution in [2.75, 3.05) is 18.0 Å². The molecule has 102 valence electrons. The Labute approximate surface area is 111 Å². The average Bonchev–Trinajstić information content (AvgIpc) is 2.38. The Morgan fingerprint density at radius 2 is 2.00 bits per heavy atom. The van der Waals surface area contributed by atoms with Crippen molar-refractivity contribution in [1.82, 2.24) is 15.5 Å². The second-order valence-corrected chi connectivity index (χ2v) is 4.85. The van der Waals surface area contributed by atoms with Crippen LogP contribution in [0.5, 0.6) is 0 Å². The van der Waals surface area contributed by atoms with Gasteiger partial charge in [0.15, 0.2) is 5.82 Å². The zero-order valence-electron chi connectivity index (χ0n) is 12.1. The topological polar surface area (TPSA) is 41.0 Å². The van der Waals surface area contributed by atoms with Crippen molar-refractivity contribution in [2.45, 2.75) is 53.1 Å². The maximum absolute atomic E-state index is 4.32. The molecule has 1 N–H and O–H groups in total. The van der Waals surface area contributed by atoms with Crippen molar-refractivity contribution < 1.29 is 0 Å². The van der Waals surface area contributed by atoms with E-state index in [0.29, 0.717) is 6.04 Å². The molecule has 0 saturated heterocycles. The number of anilines is 1. The minimum Gasteiger partial charge on any atom is -0.355 e. The van der Waals surface area contributed by atoms with Crippen LogP contribution in [-0.4, -0.2) is 29.3 Å². The predicted molar refractivity (Wildman–Crippen MR) is 76.8 cm³/mol. The molecule has 0 fully saturated rings. The maximum atomic E-state index is 4.32. The third-order valence-electron chi connectivity index (χ3n) is 2.88. The molecule has 0 radical (unpaired) electrons. The van der Waals surface area contributed by atoms with Gasteiger partial charge in [0.2, 0.25) is 0 Å². The van der Waals surface area contributed by atoms with Crippen LogP contribution in [0.2, 0.25) is 0 Å². The summed E-state index contributed by atoms with van der Waals surface area (Å²) in [5.74, 6) is 0.985. The molecule has 0 atom stereocenters. The molecule has 0 aromatic carbocycles. The molecule has 18 heavy (non-hydrogen) atoms. The van der Waals surface area contributed by atoms with Crippen LogP contribution in [0.3, 0.4) is 0 Å². The number of unbranched alkanes of at least 4 members (excludes halogenated alkanes) is 1. The van der Waals surface area contributed by atoms with E-state index in [-0.39, 0.29) is 0 Å². The molecule has 0 aliphatic heterocycles. The molecule has 1 rings (SSSR count). The fraction of sp³-hybridized carbons (Fsp3) is 0.714. The highest BCUT2D eigenvalue weighted by atomic mass is 15.3. The van der Waals surface area contributed by atoms with Crippen LogP contribution in [0, 0.1) is 0 Å². The van der Waals surface area contributed by atoms with Gasteiger partial charge in [0.25, 0.3) is 0 Å². The minimum atomic E-state index is 0.475. The van der Waals surface area contributed by atoms with E-state index in [0.717, 1.165) is 31.1 Å². The van der Waals surface area contributed by atoms with Crippen LogP contribution in [0.15, 0.2) is 12.1 Å². The third kappa shape index (κ3) is 5.00. The second kappa shape index (κ2) is 8.03. The van der Waals surface area contributed by atoms with Gasteiger partial charge in [-0.05, 0) is 25.5 Å². The van der Waals surface area contributed by atoms with Gasteiger partial charge in [0.1, 0.15) is 0 Å². The van der Waals surface area contributed by atoms with Crippen molar-refractivity contribution in [3.05, 3.63) is 17.8 Å². The Morgan fingerprint density at radius 3 is 2.50 bits per heavy atom. The van der Waals surface area contributed by atoms with E-state index in [1.54, 1.807) is 0 Å². The standard InChI is InChI=1S/C14H26N4/c1-5-7-10-18(6-2)14-9-8-13(16-17-14)11-15-12(3)4/h8-9,12,15H,5-7,10-11H2,1-4H3. The molecular formula is C14H26N4. The molecule has 1 aromatic rings. The van der Waals surface area contributed by atoms with Crippen LogP contribution >= 0.6 is 0 Å². The van der Waals surface area contributed by atoms with E-state index in [1.807, 2.05) is 0 Å². The quantitative estimate of drug-likeness (QED) is 0.770. The summed E-state index contributed by atoms with van der Waals surface area (Å²) >= 11 is 0. The first-order chi connectivity index (χ1) is 8.67. The number of hydrogen-bond donors (Lipinski definition) is 1. The van der Waals surface area contributed by atoms with Crippen LogP contribution in [0.25, 0.3) is 0 Å². The monoisotopic (exact) mass is 250 g/mol. The van der Waals surface area contributed by atoms with Gasteiger partial charge in [-0.2, -0.15) is 5.10 Å². The molecule has 0 unspecified atom stereocenters. The molecule has 1 heterocycles. The third-order valence-corrected chi connectivity index (χ3v) is 2.88. The van der Waals surface area contributed by atoms with Crippen LogP contribution in [0.1, 0.15) is 46.2 Å². The van der Waals surface area contributed by atoms with Gasteiger partial charge >= 0.3 is 0 Å². The summed E-state index contributed by atoms with van der Waals surface area (Å²) in [5, 5.41) is 11.9. The van der Waals surface area contributed by atoms with Gasteiger partial charge in [0.05, 0.1) is 5.69 Å². The minimum absolute atomic E-state index is 0.475. The first kappa shape index (κ1) is 14.9. The van der Waals surface area contributed by atoms with Crippen LogP contribution in [0.4, 0.5) is 5.82 Å². The zero-order valence-corrected chi connectivity index (χ0v) is 12.1. The molecule has 4 heteroatoms. The predicted octanol–water partition coefficient (Wildman–Crippen LogP) is 2.60. The smallest absolute Gasteiger partial charge is 0.151 e. The lowest BCUT2D eigenvalue weighted by Gasteiger charge is -2.21. The highest BCUT2D eigenvalue weighted by Gasteiger charge is 2.06. The highest BCUT2D eigenvalue weighted by molar-refractivity contribution is 5.36. The molecule has 0 aliphatic rings. The molecule has 0 saturated carbocycles. The summed E-state index contributed by atoms with van der Waals surface area (Å²) < 4.78 is 0. The lowest BCUT2D eigenvalue weighted by Crippen LogP contribution is -2.26. The molecule has 0 amide bonds. The molecule has 0 aliphatic carbocycles. The second-order valence-electron chi connectivity index (χ2n) is 4.85. The Kier molecular flexibility index (Phi) is 6.65. The van der Waals surface area contributed by atoms with Crippen molar-refractivity contribution in [3.8, 4) is 0 Å². The first-order valence-corrected chi connectivity index (χ1v) is 6.98. The van der Waals surface area contributed by atoms with Gasteiger partial charge in [-0.15, -0.1) is 5.10 Å². The molecular weight excluding hydrogens is 224 g/mol. The Bertz CT molecular complexity index is 321. The Balaban J connectivity index is 2.57. The highest BCUT2D eigenvalue weighted by Crippen LogP contribution is 2.10. The molecule has 0 spiro atoms. The van der Waals surface area contributed by atoms with Crippen LogP contribution in [-0.2, 0) is 6.54 Å². The first-order valence-electron chi connectivity index (χ1n) is 6.98. The fourth-order valence-corrected chi connectivity index (χ4v) is 1.71. The van der Waals surface area contributed by atoms with Crippen molar-refractivity contribution in [1.29, 1.82) is 0 Å². The number of rotatable bonds is 8. The maximum Gasteiger partial charge on any atom is 0.151 e. The van der Waals surface area contributed by atoms with Gasteiger partial charge in [-0.3, -0.25) is 0 Å². The Hall–Kier alpha value is -1.16. The van der Waals surface area contributed by atoms with Gasteiger partial charge in [0, 0.05) is 25.7 Å². The number of aromatic nitrogens is 2. The zero-order chi connectivity index (χ0) is 13.4. The fourth-order valence-electron chi connectivity index (χ4n) is 1.71. The normalized spacial score (nSPS) is 10.9. The van der Waals surface area contributed by atoms with E-state index in [4.69, 9.17) is 0 Å². The van der Waals surface area contributed by atoms with Gasteiger partial charge in [-0.1, -0.05) is 27.2 Å². The molecule has 0 bridgehead atoms. The van der Waals surface area contributed by atoms with E-state index in [2.05, 4.69) is 60.2 Å². The van der Waals surface area contributed by atoms with E-state index < -0.39 is 0 Å². The molecule has 1 aromatic heterocycles. The van der Waals surface area contributed by atoms with Gasteiger partial charge < -0.3 is 10.2 Å². The summed E-state index contributed by atoms with van der Waals surface area (Å²) in [7, 11) is 0. The van der Waals surface area contributed by atoms with E-state index in [9.17, 15) is 0 Å². The lowest BCUT2D eigenvalue weighted by atomic mass is 10.3. The summed E-state index contributed by atoms with van der Waals surface area (Å²) in [6.45, 7) is 11.5. The Morgan fingerprint density at radius 1 is 1.22 bits per heavy atom. The number of nitrogens with zero attached hydrogens (tertiary/aromatic N) is 3. The van der Waals surface area contributed by atoms with Crippen molar-refractivity contribution >= 4 is 5.82 Å². The SMILES string of the molecule is CCCCN(CC)c1ccc(CNC(C)C)nn1. The van der Waals surface area contributed by atoms with Crippen molar-refractivity contribution in [2.24, 2.45) is 0 Å². The summed E-state index contributed by atoms with van der Waals surface area (Å²) in [6, 6.07) is 4.61. The average molecular weight is 250 g/mol. The van der Waals surface area contributed by atoms with E-state index >= 15 is 0 Å². The van der Waals surface area contributed by atoms with Crippen LogP contribution < -0.4 is 10.2 Å². The number of nitrogens with one attached hydrogen (secondary N) is 1. The number of hydrogen-bond acceptors (Lipinski definition) is 4. The van der Waals surface area contributed by atoms with E-state index in [1.165, 1.54) is 12.8 Å². The van der Waals surface area contributed by atoms with Crippen molar-refractivity contribution in [3.63, 3.8) is 0 Å². The summed E-state index contributed by atoms with van der Waals surface area (Å²) in [4.78, 5) is 2.27. The summed E-state index contributed by atoms with van der Waals surface area (Å²) in [6.07, 6.45) is 2.41. The largest absolute Gasteiger partial charge is 0.355 e. The summed E-state index contributed by atoms with van der Waals surface area (Å²) in [5.41, 5.74) is 0.999.